The molecule has 0 atom stereocenters. The number of carbonyl (C=O) groups is 4. The van der Waals surface area contributed by atoms with Crippen molar-refractivity contribution < 1.29 is 19.2 Å². The molecule has 0 radical (unpaired) electrons. The number of nitrogens with zero attached hydrogens (tertiary/aromatic N) is 2. The molecule has 150 valence electrons. The quantitative estimate of drug-likeness (QED) is 0.586. The average Bonchev–Trinajstić information content (AvgIpc) is 3.16. The van der Waals surface area contributed by atoms with E-state index in [0.29, 0.717) is 11.3 Å². The summed E-state index contributed by atoms with van der Waals surface area (Å²) in [6, 6.07) is 15.8. The van der Waals surface area contributed by atoms with Crippen molar-refractivity contribution in [2.24, 2.45) is 0 Å². The van der Waals surface area contributed by atoms with Gasteiger partial charge in [0.15, 0.2) is 4.32 Å². The number of anilines is 1. The van der Waals surface area contributed by atoms with Crippen molar-refractivity contribution in [3.8, 4) is 0 Å². The van der Waals surface area contributed by atoms with E-state index in [1.54, 1.807) is 36.4 Å². The molecule has 0 aliphatic carbocycles. The first-order valence-corrected chi connectivity index (χ1v) is 10.2. The van der Waals surface area contributed by atoms with Crippen LogP contribution in [0.25, 0.3) is 5.57 Å². The van der Waals surface area contributed by atoms with E-state index < -0.39 is 23.6 Å². The van der Waals surface area contributed by atoms with Crippen LogP contribution in [-0.4, -0.2) is 33.0 Å². The van der Waals surface area contributed by atoms with Crippen molar-refractivity contribution in [3.63, 3.8) is 0 Å². The molecule has 9 heteroatoms. The monoisotopic (exact) mass is 437 g/mol. The summed E-state index contributed by atoms with van der Waals surface area (Å²) in [5.41, 5.74) is 4.31. The third-order valence-electron chi connectivity index (χ3n) is 4.59. The summed E-state index contributed by atoms with van der Waals surface area (Å²) in [6.07, 6.45) is 0.0731. The number of thioether (sulfide) groups is 1. The van der Waals surface area contributed by atoms with Gasteiger partial charge in [-0.3, -0.25) is 24.6 Å². The summed E-state index contributed by atoms with van der Waals surface area (Å²) >= 11 is 6.18. The van der Waals surface area contributed by atoms with Gasteiger partial charge in [-0.1, -0.05) is 60.3 Å². The number of amides is 4. The highest BCUT2D eigenvalue weighted by atomic mass is 32.2. The fourth-order valence-corrected chi connectivity index (χ4v) is 4.56. The molecule has 0 aromatic heterocycles. The predicted molar refractivity (Wildman–Crippen MR) is 117 cm³/mol. The van der Waals surface area contributed by atoms with Crippen molar-refractivity contribution >= 4 is 63.2 Å². The van der Waals surface area contributed by atoms with Gasteiger partial charge < -0.3 is 0 Å². The van der Waals surface area contributed by atoms with E-state index in [4.69, 9.17) is 12.2 Å². The molecular formula is C21H15N3O4S2. The van der Waals surface area contributed by atoms with E-state index in [0.717, 1.165) is 27.2 Å². The normalized spacial score (nSPS) is 18.1. The van der Waals surface area contributed by atoms with Crippen LogP contribution in [0.15, 0.2) is 59.5 Å². The molecule has 4 rings (SSSR count). The first-order chi connectivity index (χ1) is 14.4. The van der Waals surface area contributed by atoms with E-state index >= 15 is 0 Å². The van der Waals surface area contributed by atoms with E-state index in [1.165, 1.54) is 6.92 Å². The fraction of sp³-hybridized carbons (Fsp3) is 0.0952. The number of rotatable bonds is 3. The van der Waals surface area contributed by atoms with E-state index in [1.807, 2.05) is 18.2 Å². The molecule has 1 N–H and O–H groups in total. The second-order valence-corrected chi connectivity index (χ2v) is 8.23. The second-order valence-electron chi connectivity index (χ2n) is 6.59. The van der Waals surface area contributed by atoms with Gasteiger partial charge in [-0.05, 0) is 23.8 Å². The molecule has 4 amide bonds. The number of nitrogens with one attached hydrogen (secondary N) is 1. The lowest BCUT2D eigenvalue weighted by Gasteiger charge is -2.15. The number of hydrogen-bond acceptors (Lipinski definition) is 6. The molecule has 2 aromatic rings. The van der Waals surface area contributed by atoms with E-state index in [9.17, 15) is 19.2 Å². The smallest absolute Gasteiger partial charge is 0.274 e. The van der Waals surface area contributed by atoms with Gasteiger partial charge in [0, 0.05) is 12.5 Å². The number of hydrazine groups is 1. The number of hydrogen-bond donors (Lipinski definition) is 1. The molecular weight excluding hydrogens is 422 g/mol. The Morgan fingerprint density at radius 1 is 1.00 bits per heavy atom. The third kappa shape index (κ3) is 3.42. The molecule has 0 bridgehead atoms. The Labute approximate surface area is 181 Å². The topological polar surface area (TPSA) is 86.8 Å². The number of thiocarbonyl (C=S) groups is 1. The highest BCUT2D eigenvalue weighted by Gasteiger charge is 2.43. The number of imide groups is 1. The maximum Gasteiger partial charge on any atom is 0.286 e. The van der Waals surface area contributed by atoms with Crippen LogP contribution in [0.2, 0.25) is 0 Å². The SMILES string of the molecule is CC(=O)N1C(=O)/C(=C2\SC(=S)N(NC(=O)Cc3ccccc3)C2=O)c2ccccc21. The Balaban J connectivity index is 1.64. The first-order valence-electron chi connectivity index (χ1n) is 8.97. The van der Waals surface area contributed by atoms with E-state index in [-0.39, 0.29) is 21.2 Å². The summed E-state index contributed by atoms with van der Waals surface area (Å²) < 4.78 is 0.107. The lowest BCUT2D eigenvalue weighted by atomic mass is 10.1. The summed E-state index contributed by atoms with van der Waals surface area (Å²) in [5.74, 6) is -2.05. The molecule has 2 heterocycles. The molecule has 30 heavy (non-hydrogen) atoms. The van der Waals surface area contributed by atoms with Gasteiger partial charge >= 0.3 is 0 Å². The molecule has 0 unspecified atom stereocenters. The Kier molecular flexibility index (Phi) is 5.23. The van der Waals surface area contributed by atoms with Crippen LogP contribution in [0.5, 0.6) is 0 Å². The van der Waals surface area contributed by atoms with Gasteiger partial charge in [-0.25, -0.2) is 4.90 Å². The van der Waals surface area contributed by atoms with Crippen LogP contribution in [-0.2, 0) is 25.6 Å². The highest BCUT2D eigenvalue weighted by molar-refractivity contribution is 8.26. The summed E-state index contributed by atoms with van der Waals surface area (Å²) in [7, 11) is 0. The minimum atomic E-state index is -0.602. The lowest BCUT2D eigenvalue weighted by Crippen LogP contribution is -2.45. The predicted octanol–water partition coefficient (Wildman–Crippen LogP) is 2.43. The molecule has 0 saturated carbocycles. The van der Waals surface area contributed by atoms with Gasteiger partial charge in [0.1, 0.15) is 0 Å². The first kappa shape index (κ1) is 20.0. The zero-order valence-corrected chi connectivity index (χ0v) is 17.4. The van der Waals surface area contributed by atoms with Crippen molar-refractivity contribution in [2.75, 3.05) is 4.90 Å². The Hall–Kier alpha value is -3.30. The van der Waals surface area contributed by atoms with Crippen LogP contribution in [0, 0.1) is 0 Å². The molecule has 0 spiro atoms. The minimum absolute atomic E-state index is 0.0731. The fourth-order valence-electron chi connectivity index (χ4n) is 3.31. The van der Waals surface area contributed by atoms with E-state index in [2.05, 4.69) is 5.43 Å². The maximum absolute atomic E-state index is 13.0. The zero-order valence-electron chi connectivity index (χ0n) is 15.7. The molecule has 7 nitrogen and oxygen atoms in total. The van der Waals surface area contributed by atoms with Gasteiger partial charge in [-0.2, -0.15) is 5.01 Å². The van der Waals surface area contributed by atoms with Crippen molar-refractivity contribution in [3.05, 3.63) is 70.6 Å². The van der Waals surface area contributed by atoms with Gasteiger partial charge in [0.05, 0.1) is 22.6 Å². The molecule has 2 aliphatic rings. The van der Waals surface area contributed by atoms with Gasteiger partial charge in [0.25, 0.3) is 11.8 Å². The van der Waals surface area contributed by atoms with Crippen molar-refractivity contribution in [1.82, 2.24) is 10.4 Å². The lowest BCUT2D eigenvalue weighted by molar-refractivity contribution is -0.132. The van der Waals surface area contributed by atoms with Crippen LogP contribution < -0.4 is 10.3 Å². The molecule has 2 aromatic carbocycles. The molecule has 2 aliphatic heterocycles. The minimum Gasteiger partial charge on any atom is -0.274 e. The number of benzene rings is 2. The van der Waals surface area contributed by atoms with Crippen LogP contribution in [0.1, 0.15) is 18.1 Å². The standard InChI is InChI=1S/C21H15N3O4S2/c1-12(25)23-15-10-6-5-9-14(15)17(19(23)27)18-20(28)24(21(29)30-18)22-16(26)11-13-7-3-2-4-8-13/h2-10H,11H2,1H3,(H,22,26)/b18-17-. The Bertz CT molecular complexity index is 1140. The maximum atomic E-state index is 13.0. The second kappa shape index (κ2) is 7.85. The largest absolute Gasteiger partial charge is 0.286 e. The summed E-state index contributed by atoms with van der Waals surface area (Å²) in [5, 5.41) is 0.972. The van der Waals surface area contributed by atoms with Crippen molar-refractivity contribution in [1.29, 1.82) is 0 Å². The number of fused-ring (bicyclic) bond motifs is 1. The molecule has 1 fully saturated rings. The third-order valence-corrected chi connectivity index (χ3v) is 5.96. The summed E-state index contributed by atoms with van der Waals surface area (Å²) in [6.45, 7) is 1.28. The number of carbonyl (C=O) groups excluding carboxylic acids is 4. The van der Waals surface area contributed by atoms with Crippen LogP contribution in [0.4, 0.5) is 5.69 Å². The van der Waals surface area contributed by atoms with Crippen LogP contribution >= 0.6 is 24.0 Å². The Morgan fingerprint density at radius 2 is 1.67 bits per heavy atom. The van der Waals surface area contributed by atoms with Gasteiger partial charge in [-0.15, -0.1) is 0 Å². The van der Waals surface area contributed by atoms with Crippen LogP contribution in [0.3, 0.4) is 0 Å². The Morgan fingerprint density at radius 3 is 2.37 bits per heavy atom. The number of para-hydroxylation sites is 1. The summed E-state index contributed by atoms with van der Waals surface area (Å²) in [4.78, 5) is 51.5. The zero-order chi connectivity index (χ0) is 21.4. The van der Waals surface area contributed by atoms with Gasteiger partial charge in [0.2, 0.25) is 11.8 Å². The van der Waals surface area contributed by atoms with Crippen molar-refractivity contribution in [2.45, 2.75) is 13.3 Å². The molecule has 1 saturated heterocycles. The average molecular weight is 438 g/mol. The highest BCUT2D eigenvalue weighted by Crippen LogP contribution is 2.44.